The summed E-state index contributed by atoms with van der Waals surface area (Å²) in [5.41, 5.74) is 2.40. The molecule has 1 aliphatic heterocycles. The zero-order chi connectivity index (χ0) is 14.3. The highest BCUT2D eigenvalue weighted by molar-refractivity contribution is 5.27. The summed E-state index contributed by atoms with van der Waals surface area (Å²) in [7, 11) is 2.03. The first kappa shape index (κ1) is 14.5. The van der Waals surface area contributed by atoms with Crippen molar-refractivity contribution in [3.8, 4) is 0 Å². The summed E-state index contributed by atoms with van der Waals surface area (Å²) < 4.78 is 6.24. The van der Waals surface area contributed by atoms with Crippen molar-refractivity contribution in [3.05, 3.63) is 29.6 Å². The van der Waals surface area contributed by atoms with E-state index >= 15 is 0 Å². The molecule has 1 aromatic rings. The molecular weight excluding hydrogens is 236 g/mol. The van der Waals surface area contributed by atoms with Gasteiger partial charge < -0.3 is 10.1 Å². The smallest absolute Gasteiger partial charge is 0.0681 e. The van der Waals surface area contributed by atoms with Gasteiger partial charge in [-0.25, -0.2) is 0 Å². The van der Waals surface area contributed by atoms with Crippen LogP contribution in [0.5, 0.6) is 0 Å². The molecule has 0 aromatic carbocycles. The maximum absolute atomic E-state index is 6.24. The van der Waals surface area contributed by atoms with Crippen LogP contribution in [0.2, 0.25) is 0 Å². The highest BCUT2D eigenvalue weighted by Crippen LogP contribution is 2.47. The number of ether oxygens (including phenoxy) is 1. The van der Waals surface area contributed by atoms with Crippen LogP contribution in [0, 0.1) is 12.8 Å². The van der Waals surface area contributed by atoms with Gasteiger partial charge in [0, 0.05) is 24.4 Å². The largest absolute Gasteiger partial charge is 0.369 e. The minimum atomic E-state index is -0.118. The van der Waals surface area contributed by atoms with Gasteiger partial charge >= 0.3 is 0 Å². The Morgan fingerprint density at radius 3 is 2.53 bits per heavy atom. The molecule has 2 rings (SSSR count). The zero-order valence-corrected chi connectivity index (χ0v) is 12.9. The van der Waals surface area contributed by atoms with E-state index < -0.39 is 0 Å². The van der Waals surface area contributed by atoms with Crippen LogP contribution in [0.3, 0.4) is 0 Å². The van der Waals surface area contributed by atoms with Crippen LogP contribution in [0.25, 0.3) is 0 Å². The first-order valence-electron chi connectivity index (χ1n) is 7.05. The quantitative estimate of drug-likeness (QED) is 0.908. The summed E-state index contributed by atoms with van der Waals surface area (Å²) in [4.78, 5) is 4.19. The first-order chi connectivity index (χ1) is 8.77. The second-order valence-corrected chi connectivity index (χ2v) is 6.77. The fourth-order valence-corrected chi connectivity index (χ4v) is 3.53. The lowest BCUT2D eigenvalue weighted by atomic mass is 9.78. The van der Waals surface area contributed by atoms with E-state index in [-0.39, 0.29) is 11.2 Å². The van der Waals surface area contributed by atoms with Crippen molar-refractivity contribution < 1.29 is 4.74 Å². The van der Waals surface area contributed by atoms with Crippen LogP contribution < -0.4 is 5.32 Å². The second-order valence-electron chi connectivity index (χ2n) is 6.77. The monoisotopic (exact) mass is 262 g/mol. The van der Waals surface area contributed by atoms with Gasteiger partial charge in [-0.05, 0) is 65.3 Å². The molecule has 1 aliphatic rings. The Balaban J connectivity index is 2.36. The van der Waals surface area contributed by atoms with Gasteiger partial charge in [0.25, 0.3) is 0 Å². The Morgan fingerprint density at radius 2 is 2.05 bits per heavy atom. The fourth-order valence-electron chi connectivity index (χ4n) is 3.53. The molecule has 0 radical (unpaired) electrons. The number of nitrogens with one attached hydrogen (secondary N) is 1. The number of aromatic nitrogens is 1. The molecule has 3 heteroatoms. The highest BCUT2D eigenvalue weighted by Gasteiger charge is 2.49. The lowest BCUT2D eigenvalue weighted by Crippen LogP contribution is -2.37. The topological polar surface area (TPSA) is 34.2 Å². The van der Waals surface area contributed by atoms with Crippen molar-refractivity contribution in [3.63, 3.8) is 0 Å². The van der Waals surface area contributed by atoms with Gasteiger partial charge in [-0.1, -0.05) is 0 Å². The van der Waals surface area contributed by atoms with Crippen LogP contribution >= 0.6 is 0 Å². The summed E-state index contributed by atoms with van der Waals surface area (Å²) in [5, 5.41) is 3.49. The van der Waals surface area contributed by atoms with E-state index in [1.807, 2.05) is 19.4 Å². The summed E-state index contributed by atoms with van der Waals surface area (Å²) >= 11 is 0. The summed E-state index contributed by atoms with van der Waals surface area (Å²) in [6, 6.07) is 2.43. The van der Waals surface area contributed by atoms with Gasteiger partial charge in [0.1, 0.15) is 0 Å². The van der Waals surface area contributed by atoms with Crippen molar-refractivity contribution in [2.24, 2.45) is 5.92 Å². The molecule has 0 aliphatic carbocycles. The van der Waals surface area contributed by atoms with E-state index in [0.29, 0.717) is 12.0 Å². The minimum Gasteiger partial charge on any atom is -0.369 e. The Labute approximate surface area is 116 Å². The molecular formula is C16H26N2O. The predicted molar refractivity (Wildman–Crippen MR) is 78.1 cm³/mol. The van der Waals surface area contributed by atoms with Crippen LogP contribution in [0.1, 0.15) is 51.3 Å². The average Bonchev–Trinajstić information content (AvgIpc) is 2.51. The molecule has 2 atom stereocenters. The van der Waals surface area contributed by atoms with Gasteiger partial charge in [0.15, 0.2) is 0 Å². The molecule has 19 heavy (non-hydrogen) atoms. The first-order valence-corrected chi connectivity index (χ1v) is 7.05. The lowest BCUT2D eigenvalue weighted by Gasteiger charge is -2.33. The zero-order valence-electron chi connectivity index (χ0n) is 12.9. The van der Waals surface area contributed by atoms with E-state index in [1.54, 1.807) is 0 Å². The minimum absolute atomic E-state index is 0.0514. The van der Waals surface area contributed by atoms with Crippen molar-refractivity contribution in [1.29, 1.82) is 0 Å². The Kier molecular flexibility index (Phi) is 3.72. The Hall–Kier alpha value is -0.930. The molecule has 0 bridgehead atoms. The van der Waals surface area contributed by atoms with Crippen molar-refractivity contribution in [1.82, 2.24) is 10.3 Å². The molecule has 1 N–H and O–H groups in total. The number of aryl methyl sites for hydroxylation is 1. The van der Waals surface area contributed by atoms with Crippen molar-refractivity contribution in [2.75, 3.05) is 7.05 Å². The molecule has 1 aromatic heterocycles. The fraction of sp³-hybridized carbons (Fsp3) is 0.688. The molecule has 1 fully saturated rings. The van der Waals surface area contributed by atoms with Crippen molar-refractivity contribution >= 4 is 0 Å². The number of hydrogen-bond donors (Lipinski definition) is 1. The normalized spacial score (nSPS) is 26.3. The summed E-state index contributed by atoms with van der Waals surface area (Å²) in [6.07, 6.45) is 4.88. The van der Waals surface area contributed by atoms with Gasteiger partial charge in [-0.3, -0.25) is 4.98 Å². The van der Waals surface area contributed by atoms with Crippen molar-refractivity contribution in [2.45, 2.75) is 58.3 Å². The van der Waals surface area contributed by atoms with Gasteiger partial charge in [0.05, 0.1) is 11.2 Å². The molecule has 2 unspecified atom stereocenters. The van der Waals surface area contributed by atoms with Crippen LogP contribution in [-0.4, -0.2) is 23.2 Å². The van der Waals surface area contributed by atoms with Crippen LogP contribution in [0.15, 0.2) is 18.5 Å². The summed E-state index contributed by atoms with van der Waals surface area (Å²) in [6.45, 7) is 10.9. The van der Waals surface area contributed by atoms with Gasteiger partial charge in [-0.2, -0.15) is 0 Å². The lowest BCUT2D eigenvalue weighted by molar-refractivity contribution is -0.0776. The van der Waals surface area contributed by atoms with E-state index in [0.717, 1.165) is 6.42 Å². The Bertz CT molecular complexity index is 454. The van der Waals surface area contributed by atoms with Gasteiger partial charge in [0.2, 0.25) is 0 Å². The van der Waals surface area contributed by atoms with E-state index in [9.17, 15) is 0 Å². The highest BCUT2D eigenvalue weighted by atomic mass is 16.5. The number of nitrogens with zero attached hydrogens (tertiary/aromatic N) is 1. The number of pyridine rings is 1. The molecule has 0 amide bonds. The third-order valence-electron chi connectivity index (χ3n) is 4.26. The molecule has 2 heterocycles. The number of hydrogen-bond acceptors (Lipinski definition) is 3. The van der Waals surface area contributed by atoms with Crippen LogP contribution in [0.4, 0.5) is 0 Å². The Morgan fingerprint density at radius 1 is 1.37 bits per heavy atom. The third-order valence-corrected chi connectivity index (χ3v) is 4.26. The van der Waals surface area contributed by atoms with Gasteiger partial charge in [-0.15, -0.1) is 0 Å². The SMILES string of the molecule is CNC(c1ccncc1C)C1CC(C)(C)OC1(C)C. The average molecular weight is 262 g/mol. The van der Waals surface area contributed by atoms with E-state index in [1.165, 1.54) is 11.1 Å². The molecule has 106 valence electrons. The predicted octanol–water partition coefficient (Wildman–Crippen LogP) is 3.24. The van der Waals surface area contributed by atoms with Crippen LogP contribution in [-0.2, 0) is 4.74 Å². The molecule has 3 nitrogen and oxygen atoms in total. The van der Waals surface area contributed by atoms with E-state index in [2.05, 4.69) is 51.0 Å². The second kappa shape index (κ2) is 4.88. The number of rotatable bonds is 3. The maximum Gasteiger partial charge on any atom is 0.0681 e. The molecule has 0 saturated carbocycles. The van der Waals surface area contributed by atoms with E-state index in [4.69, 9.17) is 4.74 Å². The standard InChI is InChI=1S/C16H26N2O/c1-11-10-18-8-7-12(11)14(17-6)13-9-15(2,3)19-16(13,4)5/h7-8,10,13-14,17H,9H2,1-6H3. The molecule has 0 spiro atoms. The molecule has 1 saturated heterocycles. The maximum atomic E-state index is 6.24. The third kappa shape index (κ3) is 2.82. The summed E-state index contributed by atoms with van der Waals surface area (Å²) in [5.74, 6) is 0.452.